The van der Waals surface area contributed by atoms with Crippen LogP contribution in [-0.2, 0) is 9.53 Å². The highest BCUT2D eigenvalue weighted by Gasteiger charge is 2.42. The van der Waals surface area contributed by atoms with Crippen molar-refractivity contribution in [3.63, 3.8) is 0 Å². The fourth-order valence-corrected chi connectivity index (χ4v) is 7.88. The molecule has 0 amide bonds. The van der Waals surface area contributed by atoms with Crippen molar-refractivity contribution in [2.75, 3.05) is 6.61 Å². The summed E-state index contributed by atoms with van der Waals surface area (Å²) < 4.78 is 5.37. The average Bonchev–Trinajstić information content (AvgIpc) is 3.29. The van der Waals surface area contributed by atoms with Gasteiger partial charge in [0.25, 0.3) is 0 Å². The molecule has 2 aliphatic rings. The first-order valence-electron chi connectivity index (χ1n) is 19.6. The second-order valence-electron chi connectivity index (χ2n) is 14.4. The van der Waals surface area contributed by atoms with Crippen molar-refractivity contribution in [1.29, 1.82) is 0 Å². The van der Waals surface area contributed by atoms with Crippen LogP contribution in [0.5, 0.6) is 0 Å². The van der Waals surface area contributed by atoms with E-state index in [-0.39, 0.29) is 34.7 Å². The molecule has 2 aliphatic carbocycles. The predicted octanol–water partition coefficient (Wildman–Crippen LogP) is 11.6. The van der Waals surface area contributed by atoms with E-state index in [1.807, 2.05) is 6.08 Å². The van der Waals surface area contributed by atoms with Gasteiger partial charge in [-0.25, -0.2) is 0 Å². The minimum Gasteiger partial charge on any atom is -0.461 e. The molecule has 2 N–H and O–H groups in total. The van der Waals surface area contributed by atoms with E-state index < -0.39 is 6.10 Å². The van der Waals surface area contributed by atoms with Gasteiger partial charge in [-0.2, -0.15) is 0 Å². The highest BCUT2D eigenvalue weighted by atomic mass is 35.5. The lowest BCUT2D eigenvalue weighted by Crippen LogP contribution is -2.40. The number of hydrogen-bond acceptors (Lipinski definition) is 4. The molecule has 0 heterocycles. The number of aliphatic hydroxyl groups excluding tert-OH is 2. The van der Waals surface area contributed by atoms with Crippen LogP contribution in [0, 0.1) is 17.3 Å². The number of aliphatic hydroxyl groups is 2. The maximum atomic E-state index is 12.1. The molecule has 2 saturated carbocycles. The molecule has 0 saturated heterocycles. The zero-order valence-corrected chi connectivity index (χ0v) is 30.6. The number of ether oxygens (including phenoxy) is 1. The van der Waals surface area contributed by atoms with E-state index >= 15 is 0 Å². The number of alkyl halides is 1. The topological polar surface area (TPSA) is 66.8 Å². The number of unbranched alkanes of at least 4 members (excludes halogenated alkanes) is 15. The maximum Gasteiger partial charge on any atom is 0.306 e. The lowest BCUT2D eigenvalue weighted by atomic mass is 9.63. The largest absolute Gasteiger partial charge is 0.461 e. The molecule has 0 aromatic heterocycles. The first kappa shape index (κ1) is 41.1. The summed E-state index contributed by atoms with van der Waals surface area (Å²) in [4.78, 5) is 12.1. The van der Waals surface area contributed by atoms with E-state index in [0.29, 0.717) is 25.9 Å². The third-order valence-electron chi connectivity index (χ3n) is 10.9. The summed E-state index contributed by atoms with van der Waals surface area (Å²) >= 11 is 6.62. The maximum absolute atomic E-state index is 12.1. The van der Waals surface area contributed by atoms with Crippen molar-refractivity contribution < 1.29 is 19.7 Å². The van der Waals surface area contributed by atoms with E-state index in [9.17, 15) is 15.0 Å². The Bertz CT molecular complexity index is 842. The lowest BCUT2D eigenvalue weighted by molar-refractivity contribution is -0.142. The summed E-state index contributed by atoms with van der Waals surface area (Å²) in [5.41, 5.74) is 0.101. The van der Waals surface area contributed by atoms with Crippen LogP contribution < -0.4 is 0 Å². The summed E-state index contributed by atoms with van der Waals surface area (Å²) in [6.45, 7) is 4.83. The van der Waals surface area contributed by atoms with E-state index in [1.165, 1.54) is 96.3 Å². The van der Waals surface area contributed by atoms with Crippen molar-refractivity contribution in [1.82, 2.24) is 0 Å². The molecule has 2 fully saturated rings. The minimum atomic E-state index is -0.429. The summed E-state index contributed by atoms with van der Waals surface area (Å²) in [6, 6.07) is 0. The number of allylic oxidation sites excluding steroid dienone is 3. The van der Waals surface area contributed by atoms with Crippen LogP contribution in [0.25, 0.3) is 0 Å². The molecule has 0 spiro atoms. The van der Waals surface area contributed by atoms with Gasteiger partial charge in [0.2, 0.25) is 0 Å². The monoisotopic (exact) mass is 663 g/mol. The van der Waals surface area contributed by atoms with Crippen molar-refractivity contribution in [2.24, 2.45) is 17.3 Å². The van der Waals surface area contributed by atoms with Crippen LogP contribution in [0.4, 0.5) is 0 Å². The number of carbonyl (C=O) groups is 1. The van der Waals surface area contributed by atoms with Gasteiger partial charge in [0.05, 0.1) is 12.2 Å². The number of hydrogen-bond donors (Lipinski definition) is 2. The second kappa shape index (κ2) is 25.9. The van der Waals surface area contributed by atoms with Gasteiger partial charge in [0, 0.05) is 17.7 Å². The fourth-order valence-electron chi connectivity index (χ4n) is 7.42. The van der Waals surface area contributed by atoms with Gasteiger partial charge in [-0.15, -0.1) is 11.6 Å². The lowest BCUT2D eigenvalue weighted by Gasteiger charge is -2.45. The van der Waals surface area contributed by atoms with Crippen LogP contribution in [0.3, 0.4) is 0 Å². The Morgan fingerprint density at radius 3 is 2.00 bits per heavy atom. The van der Waals surface area contributed by atoms with Crippen LogP contribution in [0.2, 0.25) is 0 Å². The molecule has 4 nitrogen and oxygen atoms in total. The minimum absolute atomic E-state index is 0.0238. The van der Waals surface area contributed by atoms with Crippen LogP contribution in [0.15, 0.2) is 36.5 Å². The molecule has 0 aromatic rings. The number of halogens is 1. The number of carbonyl (C=O) groups excluding carboxylic acids is 1. The molecule has 0 radical (unpaired) electrons. The molecule has 0 aliphatic heterocycles. The Morgan fingerprint density at radius 2 is 1.41 bits per heavy atom. The van der Waals surface area contributed by atoms with Gasteiger partial charge < -0.3 is 14.9 Å². The number of rotatable bonds is 28. The van der Waals surface area contributed by atoms with Gasteiger partial charge in [0.15, 0.2) is 0 Å². The first-order valence-corrected chi connectivity index (χ1v) is 20.0. The Morgan fingerprint density at radius 1 is 0.826 bits per heavy atom. The van der Waals surface area contributed by atoms with Crippen molar-refractivity contribution in [2.45, 2.75) is 192 Å². The smallest absolute Gasteiger partial charge is 0.306 e. The Hall–Kier alpha value is -1.10. The molecular formula is C41H71ClO4. The molecular weight excluding hydrogens is 592 g/mol. The van der Waals surface area contributed by atoms with Crippen molar-refractivity contribution in [3.8, 4) is 0 Å². The van der Waals surface area contributed by atoms with E-state index in [4.69, 9.17) is 16.3 Å². The third kappa shape index (κ3) is 16.8. The fraction of sp³-hybridized carbons (Fsp3) is 0.829. The molecule has 5 atom stereocenters. The van der Waals surface area contributed by atoms with Crippen molar-refractivity contribution in [3.05, 3.63) is 36.5 Å². The Balaban J connectivity index is 1.43. The normalized spacial score (nSPS) is 23.5. The van der Waals surface area contributed by atoms with Gasteiger partial charge >= 0.3 is 5.97 Å². The SMILES string of the molecule is CCCCCCCCCCCCCCCC/C=C/COC(=O)CCC/C=C\C[C@@H]1[C@@H](/C=C/C[C@H](O)C2(CC)CCC2)[C@H](O)C[C@H]1Cl. The summed E-state index contributed by atoms with van der Waals surface area (Å²) in [5.74, 6) is 0.0792. The van der Waals surface area contributed by atoms with Gasteiger partial charge in [-0.3, -0.25) is 4.79 Å². The molecule has 46 heavy (non-hydrogen) atoms. The van der Waals surface area contributed by atoms with Crippen LogP contribution in [-0.4, -0.2) is 40.4 Å². The van der Waals surface area contributed by atoms with Gasteiger partial charge in [0.1, 0.15) is 6.61 Å². The first-order chi connectivity index (χ1) is 22.4. The predicted molar refractivity (Wildman–Crippen MR) is 196 cm³/mol. The highest BCUT2D eigenvalue weighted by molar-refractivity contribution is 6.21. The zero-order chi connectivity index (χ0) is 33.3. The summed E-state index contributed by atoms with van der Waals surface area (Å²) in [7, 11) is 0. The van der Waals surface area contributed by atoms with Gasteiger partial charge in [-0.05, 0) is 75.5 Å². The molecule has 5 heteroatoms. The third-order valence-corrected chi connectivity index (χ3v) is 11.4. The number of esters is 1. The second-order valence-corrected chi connectivity index (χ2v) is 15.0. The van der Waals surface area contributed by atoms with E-state index in [1.54, 1.807) is 0 Å². The van der Waals surface area contributed by atoms with Crippen molar-refractivity contribution >= 4 is 17.6 Å². The van der Waals surface area contributed by atoms with Gasteiger partial charge in [-0.1, -0.05) is 140 Å². The summed E-state index contributed by atoms with van der Waals surface area (Å²) in [5, 5.41) is 21.3. The standard InChI is InChI=1S/C41H71ClO4/c1-3-5-6-7-8-9-10-11-12-13-14-15-16-17-18-21-24-33-46-40(45)30-23-20-19-22-27-35-36(38(43)34-37(35)42)28-25-29-39(44)41(4-2)31-26-32-41/h19,21-22,24-25,28,35-39,43-44H,3-18,20,23,26-27,29-34H2,1-2H3/b22-19-,24-21+,28-25+/t35-,36-,37-,38-,39+/m1/s1. The Kier molecular flexibility index (Phi) is 23.1. The summed E-state index contributed by atoms with van der Waals surface area (Å²) in [6.07, 6.45) is 40.8. The average molecular weight is 663 g/mol. The quantitative estimate of drug-likeness (QED) is 0.0378. The molecule has 0 bridgehead atoms. The highest BCUT2D eigenvalue weighted by Crippen LogP contribution is 2.48. The molecule has 266 valence electrons. The Labute approximate surface area is 288 Å². The van der Waals surface area contributed by atoms with E-state index in [0.717, 1.165) is 44.9 Å². The molecule has 2 rings (SSSR count). The zero-order valence-electron chi connectivity index (χ0n) is 29.8. The molecule has 0 unspecified atom stereocenters. The van der Waals surface area contributed by atoms with Crippen LogP contribution in [0.1, 0.15) is 174 Å². The van der Waals surface area contributed by atoms with E-state index in [2.05, 4.69) is 44.2 Å². The van der Waals surface area contributed by atoms with Crippen LogP contribution >= 0.6 is 11.6 Å². The molecule has 0 aromatic carbocycles.